The number of nitrogens with zero attached hydrogens (tertiary/aromatic N) is 2. The molecule has 5 nitrogen and oxygen atoms in total. The van der Waals surface area contributed by atoms with Crippen LogP contribution in [0.2, 0.25) is 0 Å². The third kappa shape index (κ3) is 5.51. The largest absolute Gasteiger partial charge is 0.386 e. The lowest BCUT2D eigenvalue weighted by Crippen LogP contribution is -2.20. The Labute approximate surface area is 172 Å². The van der Waals surface area contributed by atoms with Crippen LogP contribution in [-0.2, 0) is 4.79 Å². The zero-order valence-electron chi connectivity index (χ0n) is 17.1. The number of hydrogen-bond acceptors (Lipinski definition) is 5. The Kier molecular flexibility index (Phi) is 6.74. The molecule has 3 rings (SSSR count). The maximum atomic E-state index is 12.1. The van der Waals surface area contributed by atoms with E-state index in [4.69, 9.17) is 4.99 Å². The van der Waals surface area contributed by atoms with Crippen LogP contribution in [-0.4, -0.2) is 30.8 Å². The van der Waals surface area contributed by atoms with E-state index in [0.717, 1.165) is 34.0 Å². The zero-order valence-corrected chi connectivity index (χ0v) is 17.1. The standard InChI is InChI=1S/C24H26N4O/c1-17-15-24(20-9-5-4-6-10-20)26-14-13-25-18(2)21(19(3)29)16-27-22-11-7-8-12-23(22)28-17/h4-12,15-16,25,28H,13-14H2,1-3H3/b17-15+,21-18-,26-24?,27-16?. The number of aliphatic imine (C=N–C) groups is 2. The number of ketones is 1. The first-order valence-electron chi connectivity index (χ1n) is 9.68. The third-order valence-electron chi connectivity index (χ3n) is 4.56. The van der Waals surface area contributed by atoms with Crippen molar-refractivity contribution in [3.05, 3.63) is 83.2 Å². The highest BCUT2D eigenvalue weighted by atomic mass is 16.1. The molecule has 0 atom stereocenters. The van der Waals surface area contributed by atoms with Crippen LogP contribution in [0, 0.1) is 0 Å². The summed E-state index contributed by atoms with van der Waals surface area (Å²) in [6, 6.07) is 17.9. The summed E-state index contributed by atoms with van der Waals surface area (Å²) in [7, 11) is 0. The number of anilines is 1. The topological polar surface area (TPSA) is 65.8 Å². The summed E-state index contributed by atoms with van der Waals surface area (Å²) in [5.74, 6) is -0.0270. The molecule has 0 unspecified atom stereocenters. The maximum absolute atomic E-state index is 12.1. The lowest BCUT2D eigenvalue weighted by Gasteiger charge is -2.13. The van der Waals surface area contributed by atoms with Gasteiger partial charge in [0, 0.05) is 24.2 Å². The number of rotatable bonds is 2. The van der Waals surface area contributed by atoms with Gasteiger partial charge in [-0.1, -0.05) is 42.5 Å². The quantitative estimate of drug-likeness (QED) is 0.789. The van der Waals surface area contributed by atoms with Crippen molar-refractivity contribution in [2.45, 2.75) is 20.8 Å². The van der Waals surface area contributed by atoms with Crippen molar-refractivity contribution in [1.29, 1.82) is 0 Å². The van der Waals surface area contributed by atoms with Crippen molar-refractivity contribution in [1.82, 2.24) is 5.32 Å². The van der Waals surface area contributed by atoms with E-state index in [0.29, 0.717) is 18.7 Å². The van der Waals surface area contributed by atoms with Crippen LogP contribution in [0.5, 0.6) is 0 Å². The van der Waals surface area contributed by atoms with Crippen molar-refractivity contribution in [2.75, 3.05) is 18.4 Å². The Morgan fingerprint density at radius 3 is 2.48 bits per heavy atom. The fraction of sp³-hybridized carbons (Fsp3) is 0.208. The van der Waals surface area contributed by atoms with Crippen LogP contribution in [0.1, 0.15) is 26.3 Å². The molecule has 0 radical (unpaired) electrons. The van der Waals surface area contributed by atoms with E-state index in [1.54, 1.807) is 13.1 Å². The number of carbonyl (C=O) groups is 1. The van der Waals surface area contributed by atoms with Crippen LogP contribution >= 0.6 is 0 Å². The number of nitrogens with one attached hydrogen (secondary N) is 2. The Hall–Kier alpha value is -3.47. The minimum Gasteiger partial charge on any atom is -0.386 e. The summed E-state index contributed by atoms with van der Waals surface area (Å²) in [5, 5.41) is 6.72. The molecule has 2 aromatic carbocycles. The van der Waals surface area contributed by atoms with Gasteiger partial charge in [-0.05, 0) is 44.5 Å². The van der Waals surface area contributed by atoms with E-state index >= 15 is 0 Å². The molecule has 1 aliphatic heterocycles. The van der Waals surface area contributed by atoms with Crippen LogP contribution < -0.4 is 10.6 Å². The van der Waals surface area contributed by atoms with Crippen LogP contribution in [0.25, 0.3) is 0 Å². The average Bonchev–Trinajstić information content (AvgIpc) is 2.71. The molecule has 0 saturated heterocycles. The minimum absolute atomic E-state index is 0.0270. The molecule has 0 bridgehead atoms. The Balaban J connectivity index is 2.06. The first kappa shape index (κ1) is 20.3. The summed E-state index contributed by atoms with van der Waals surface area (Å²) < 4.78 is 0. The fourth-order valence-electron chi connectivity index (χ4n) is 3.08. The van der Waals surface area contributed by atoms with Gasteiger partial charge in [0.15, 0.2) is 5.78 Å². The molecule has 5 heteroatoms. The van der Waals surface area contributed by atoms with Gasteiger partial charge in [-0.2, -0.15) is 0 Å². The molecular weight excluding hydrogens is 360 g/mol. The smallest absolute Gasteiger partial charge is 0.163 e. The molecule has 1 heterocycles. The monoisotopic (exact) mass is 386 g/mol. The van der Waals surface area contributed by atoms with Gasteiger partial charge in [-0.15, -0.1) is 0 Å². The molecule has 0 aromatic heterocycles. The molecular formula is C24H26N4O. The van der Waals surface area contributed by atoms with Gasteiger partial charge < -0.3 is 10.6 Å². The van der Waals surface area contributed by atoms with Gasteiger partial charge in [0.25, 0.3) is 0 Å². The van der Waals surface area contributed by atoms with Crippen molar-refractivity contribution < 1.29 is 4.79 Å². The van der Waals surface area contributed by atoms with Gasteiger partial charge in [0.1, 0.15) is 0 Å². The van der Waals surface area contributed by atoms with Gasteiger partial charge in [0.05, 0.1) is 29.2 Å². The average molecular weight is 386 g/mol. The van der Waals surface area contributed by atoms with Gasteiger partial charge in [-0.3, -0.25) is 14.8 Å². The molecule has 1 aliphatic rings. The van der Waals surface area contributed by atoms with E-state index in [2.05, 4.69) is 27.8 Å². The van der Waals surface area contributed by atoms with Crippen molar-refractivity contribution in [2.24, 2.45) is 9.98 Å². The molecule has 0 aliphatic carbocycles. The second kappa shape index (κ2) is 9.64. The first-order chi connectivity index (χ1) is 14.0. The maximum Gasteiger partial charge on any atom is 0.163 e. The molecule has 29 heavy (non-hydrogen) atoms. The van der Waals surface area contributed by atoms with Crippen LogP contribution in [0.4, 0.5) is 11.4 Å². The number of para-hydroxylation sites is 2. The lowest BCUT2D eigenvalue weighted by molar-refractivity contribution is -0.113. The predicted molar refractivity (Wildman–Crippen MR) is 121 cm³/mol. The number of carbonyl (C=O) groups excluding carboxylic acids is 1. The van der Waals surface area contributed by atoms with Crippen molar-refractivity contribution >= 4 is 29.1 Å². The summed E-state index contributed by atoms with van der Waals surface area (Å²) in [4.78, 5) is 21.5. The molecule has 0 amide bonds. The molecule has 0 spiro atoms. The fourth-order valence-corrected chi connectivity index (χ4v) is 3.08. The van der Waals surface area contributed by atoms with Gasteiger partial charge in [0.2, 0.25) is 0 Å². The normalized spacial score (nSPS) is 19.6. The number of fused-ring (bicyclic) bond motifs is 1. The summed E-state index contributed by atoms with van der Waals surface area (Å²) in [6.07, 6.45) is 3.68. The molecule has 0 fully saturated rings. The summed E-state index contributed by atoms with van der Waals surface area (Å²) >= 11 is 0. The third-order valence-corrected chi connectivity index (χ3v) is 4.56. The van der Waals surface area contributed by atoms with Crippen molar-refractivity contribution in [3.8, 4) is 0 Å². The zero-order chi connectivity index (χ0) is 20.6. The van der Waals surface area contributed by atoms with Crippen LogP contribution in [0.3, 0.4) is 0 Å². The predicted octanol–water partition coefficient (Wildman–Crippen LogP) is 4.66. The van der Waals surface area contributed by atoms with Crippen LogP contribution in [0.15, 0.2) is 87.6 Å². The molecule has 0 saturated carbocycles. The van der Waals surface area contributed by atoms with Crippen molar-refractivity contribution in [3.63, 3.8) is 0 Å². The first-order valence-corrected chi connectivity index (χ1v) is 9.68. The van der Waals surface area contributed by atoms with Gasteiger partial charge >= 0.3 is 0 Å². The van der Waals surface area contributed by atoms with E-state index < -0.39 is 0 Å². The molecule has 2 aromatic rings. The second-order valence-corrected chi connectivity index (χ2v) is 6.88. The SMILES string of the molecule is CC(=O)/C1=C(/C)NCCN=C(c2ccccc2)/C=C(\C)Nc2ccccc2N=C1. The highest BCUT2D eigenvalue weighted by molar-refractivity contribution is 6.13. The Morgan fingerprint density at radius 1 is 1.00 bits per heavy atom. The second-order valence-electron chi connectivity index (χ2n) is 6.88. The highest BCUT2D eigenvalue weighted by Crippen LogP contribution is 2.26. The summed E-state index contributed by atoms with van der Waals surface area (Å²) in [6.45, 7) is 6.67. The van der Waals surface area contributed by atoms with Gasteiger partial charge in [-0.25, -0.2) is 0 Å². The Morgan fingerprint density at radius 2 is 1.72 bits per heavy atom. The molecule has 148 valence electrons. The van der Waals surface area contributed by atoms with E-state index in [-0.39, 0.29) is 5.78 Å². The lowest BCUT2D eigenvalue weighted by atomic mass is 10.1. The van der Waals surface area contributed by atoms with E-state index in [9.17, 15) is 4.79 Å². The van der Waals surface area contributed by atoms with E-state index in [1.807, 2.05) is 62.4 Å². The number of Topliss-reactive ketones (excluding diaryl/α,β-unsaturated/α-hetero) is 1. The molecule has 2 N–H and O–H groups in total. The summed E-state index contributed by atoms with van der Waals surface area (Å²) in [5.41, 5.74) is 5.92. The Bertz CT molecular complexity index is 1000. The minimum atomic E-state index is -0.0270. The van der Waals surface area contributed by atoms with E-state index in [1.165, 1.54) is 0 Å². The highest BCUT2D eigenvalue weighted by Gasteiger charge is 2.08. The number of hydrogen-bond donors (Lipinski definition) is 2. The number of benzene rings is 2. The number of allylic oxidation sites excluding steroid dienone is 4.